The minimum Gasteiger partial charge on any atom is -0.370 e. The summed E-state index contributed by atoms with van der Waals surface area (Å²) >= 11 is 0. The van der Waals surface area contributed by atoms with Crippen molar-refractivity contribution in [3.8, 4) is 0 Å². The first-order valence-electron chi connectivity index (χ1n) is 11.5. The zero-order valence-corrected chi connectivity index (χ0v) is 18.3. The summed E-state index contributed by atoms with van der Waals surface area (Å²) in [5.41, 5.74) is 2.03. The SMILES string of the molecule is CC.CCC.c1ccc(N2CC3(CCN(CC4CCNCC4)CC3)C2)cc1. The molecule has 0 saturated carbocycles. The van der Waals surface area contributed by atoms with E-state index in [0.717, 1.165) is 5.92 Å². The highest BCUT2D eigenvalue weighted by molar-refractivity contribution is 5.49. The molecule has 27 heavy (non-hydrogen) atoms. The number of para-hydroxylation sites is 1. The van der Waals surface area contributed by atoms with Crippen LogP contribution in [0.5, 0.6) is 0 Å². The van der Waals surface area contributed by atoms with Crippen molar-refractivity contribution in [1.82, 2.24) is 10.2 Å². The van der Waals surface area contributed by atoms with Gasteiger partial charge in [0.15, 0.2) is 0 Å². The summed E-state index contributed by atoms with van der Waals surface area (Å²) in [6, 6.07) is 10.9. The summed E-state index contributed by atoms with van der Waals surface area (Å²) in [7, 11) is 0. The Kier molecular flexibility index (Phi) is 9.64. The van der Waals surface area contributed by atoms with Crippen LogP contribution in [-0.4, -0.2) is 50.7 Å². The molecule has 1 N–H and O–H groups in total. The Morgan fingerprint density at radius 1 is 0.963 bits per heavy atom. The predicted octanol–water partition coefficient (Wildman–Crippen LogP) is 5.03. The first-order chi connectivity index (χ1) is 13.2. The number of benzene rings is 1. The molecule has 3 fully saturated rings. The van der Waals surface area contributed by atoms with Gasteiger partial charge in [-0.3, -0.25) is 0 Å². The number of rotatable bonds is 3. The van der Waals surface area contributed by atoms with Crippen LogP contribution in [0, 0.1) is 11.3 Å². The summed E-state index contributed by atoms with van der Waals surface area (Å²) in [4.78, 5) is 5.30. The van der Waals surface area contributed by atoms with E-state index in [-0.39, 0.29) is 0 Å². The molecule has 3 aliphatic rings. The lowest BCUT2D eigenvalue weighted by Gasteiger charge is -2.55. The van der Waals surface area contributed by atoms with Gasteiger partial charge in [-0.15, -0.1) is 0 Å². The standard InChI is InChI=1S/C19H29N3.C3H8.C2H6/c1-2-4-18(5-3-1)22-15-19(16-22)8-12-21(13-9-19)14-17-6-10-20-11-7-17;1-3-2;1-2/h1-5,17,20H,6-16H2;3H2,1-2H3;1-2H3. The topological polar surface area (TPSA) is 18.5 Å². The van der Waals surface area contributed by atoms with Crippen molar-refractivity contribution in [2.75, 3.05) is 50.7 Å². The van der Waals surface area contributed by atoms with Gasteiger partial charge in [0, 0.05) is 30.7 Å². The van der Waals surface area contributed by atoms with Crippen LogP contribution in [0.1, 0.15) is 59.8 Å². The van der Waals surface area contributed by atoms with Gasteiger partial charge in [-0.1, -0.05) is 52.3 Å². The molecule has 1 aromatic rings. The Labute approximate surface area is 168 Å². The Morgan fingerprint density at radius 2 is 1.52 bits per heavy atom. The zero-order valence-electron chi connectivity index (χ0n) is 18.3. The average molecular weight is 374 g/mol. The number of piperidine rings is 2. The lowest BCUT2D eigenvalue weighted by Crippen LogP contribution is -2.60. The van der Waals surface area contributed by atoms with E-state index < -0.39 is 0 Å². The van der Waals surface area contributed by atoms with Crippen LogP contribution in [0.15, 0.2) is 30.3 Å². The molecule has 4 rings (SSSR count). The Morgan fingerprint density at radius 3 is 2.07 bits per heavy atom. The van der Waals surface area contributed by atoms with Crippen molar-refractivity contribution in [3.63, 3.8) is 0 Å². The molecule has 0 aliphatic carbocycles. The van der Waals surface area contributed by atoms with Gasteiger partial charge in [-0.05, 0) is 69.9 Å². The van der Waals surface area contributed by atoms with E-state index in [2.05, 4.69) is 59.3 Å². The van der Waals surface area contributed by atoms with E-state index in [1.807, 2.05) is 13.8 Å². The van der Waals surface area contributed by atoms with Gasteiger partial charge >= 0.3 is 0 Å². The number of hydrogen-bond donors (Lipinski definition) is 1. The number of nitrogens with zero attached hydrogens (tertiary/aromatic N) is 2. The maximum Gasteiger partial charge on any atom is 0.0366 e. The van der Waals surface area contributed by atoms with E-state index in [1.54, 1.807) is 0 Å². The third kappa shape index (κ3) is 6.50. The molecule has 0 bridgehead atoms. The van der Waals surface area contributed by atoms with Gasteiger partial charge in [0.2, 0.25) is 0 Å². The zero-order chi connectivity index (χ0) is 19.5. The Hall–Kier alpha value is -1.06. The van der Waals surface area contributed by atoms with Gasteiger partial charge in [0.25, 0.3) is 0 Å². The van der Waals surface area contributed by atoms with E-state index in [0.29, 0.717) is 5.41 Å². The number of hydrogen-bond acceptors (Lipinski definition) is 3. The second kappa shape index (κ2) is 11.7. The van der Waals surface area contributed by atoms with E-state index in [1.165, 1.54) is 83.6 Å². The molecule has 3 heteroatoms. The second-order valence-corrected chi connectivity index (χ2v) is 8.39. The van der Waals surface area contributed by atoms with Crippen molar-refractivity contribution < 1.29 is 0 Å². The van der Waals surface area contributed by atoms with Gasteiger partial charge in [-0.25, -0.2) is 0 Å². The highest BCUT2D eigenvalue weighted by Gasteiger charge is 2.44. The van der Waals surface area contributed by atoms with Crippen LogP contribution in [0.2, 0.25) is 0 Å². The van der Waals surface area contributed by atoms with Crippen molar-refractivity contribution >= 4 is 5.69 Å². The van der Waals surface area contributed by atoms with Crippen LogP contribution in [0.3, 0.4) is 0 Å². The molecule has 154 valence electrons. The normalized spacial score (nSPS) is 22.1. The lowest BCUT2D eigenvalue weighted by atomic mass is 9.71. The van der Waals surface area contributed by atoms with Crippen LogP contribution in [0.25, 0.3) is 0 Å². The molecular formula is C24H43N3. The fourth-order valence-electron chi connectivity index (χ4n) is 4.54. The fourth-order valence-corrected chi connectivity index (χ4v) is 4.54. The van der Waals surface area contributed by atoms with Crippen LogP contribution >= 0.6 is 0 Å². The van der Waals surface area contributed by atoms with Crippen LogP contribution in [0.4, 0.5) is 5.69 Å². The van der Waals surface area contributed by atoms with E-state index in [9.17, 15) is 0 Å². The number of nitrogens with one attached hydrogen (secondary N) is 1. The highest BCUT2D eigenvalue weighted by Crippen LogP contribution is 2.42. The molecule has 3 aliphatic heterocycles. The van der Waals surface area contributed by atoms with Gasteiger partial charge in [-0.2, -0.15) is 0 Å². The highest BCUT2D eigenvalue weighted by atomic mass is 15.2. The van der Waals surface area contributed by atoms with Gasteiger partial charge < -0.3 is 15.1 Å². The second-order valence-electron chi connectivity index (χ2n) is 8.39. The maximum absolute atomic E-state index is 3.48. The molecule has 1 aromatic carbocycles. The maximum atomic E-state index is 3.48. The lowest BCUT2D eigenvalue weighted by molar-refractivity contribution is 0.0641. The number of anilines is 1. The first-order valence-corrected chi connectivity index (χ1v) is 11.5. The first kappa shape index (κ1) is 22.2. The minimum absolute atomic E-state index is 0.625. The number of likely N-dealkylation sites (tertiary alicyclic amines) is 1. The molecule has 1 spiro atoms. The molecule has 0 radical (unpaired) electrons. The predicted molar refractivity (Wildman–Crippen MR) is 120 cm³/mol. The average Bonchev–Trinajstić information content (AvgIpc) is 2.71. The van der Waals surface area contributed by atoms with E-state index >= 15 is 0 Å². The molecule has 3 nitrogen and oxygen atoms in total. The molecule has 0 aromatic heterocycles. The van der Waals surface area contributed by atoms with Crippen molar-refractivity contribution in [2.45, 2.75) is 59.8 Å². The molecule has 0 unspecified atom stereocenters. The van der Waals surface area contributed by atoms with E-state index in [4.69, 9.17) is 0 Å². The van der Waals surface area contributed by atoms with Gasteiger partial charge in [0.1, 0.15) is 0 Å². The van der Waals surface area contributed by atoms with Crippen LogP contribution < -0.4 is 10.2 Å². The summed E-state index contributed by atoms with van der Waals surface area (Å²) < 4.78 is 0. The van der Waals surface area contributed by atoms with Crippen molar-refractivity contribution in [2.24, 2.45) is 11.3 Å². The van der Waals surface area contributed by atoms with Crippen LogP contribution in [-0.2, 0) is 0 Å². The molecule has 3 saturated heterocycles. The Balaban J connectivity index is 0.000000478. The Bertz CT molecular complexity index is 480. The smallest absolute Gasteiger partial charge is 0.0366 e. The minimum atomic E-state index is 0.625. The fraction of sp³-hybridized carbons (Fsp3) is 0.750. The monoisotopic (exact) mass is 373 g/mol. The molecule has 3 heterocycles. The van der Waals surface area contributed by atoms with Crippen molar-refractivity contribution in [3.05, 3.63) is 30.3 Å². The summed E-state index contributed by atoms with van der Waals surface area (Å²) in [5, 5.41) is 3.48. The summed E-state index contributed by atoms with van der Waals surface area (Å²) in [6.07, 6.45) is 6.81. The van der Waals surface area contributed by atoms with Gasteiger partial charge in [0.05, 0.1) is 0 Å². The van der Waals surface area contributed by atoms with Crippen molar-refractivity contribution in [1.29, 1.82) is 0 Å². The molecular weight excluding hydrogens is 330 g/mol. The third-order valence-electron chi connectivity index (χ3n) is 6.07. The molecule has 0 atom stereocenters. The quantitative estimate of drug-likeness (QED) is 0.801. The third-order valence-corrected chi connectivity index (χ3v) is 6.07. The summed E-state index contributed by atoms with van der Waals surface area (Å²) in [5.74, 6) is 0.942. The molecule has 0 amide bonds. The summed E-state index contributed by atoms with van der Waals surface area (Å²) in [6.45, 7) is 17.3. The largest absolute Gasteiger partial charge is 0.370 e.